The number of Topliss-reactive ketones (excluding diaryl/α,β-unsaturated/α-hetero) is 3. The highest BCUT2D eigenvalue weighted by Gasteiger charge is 2.63. The highest BCUT2D eigenvalue weighted by Crippen LogP contribution is 2.63. The van der Waals surface area contributed by atoms with Crippen LogP contribution >= 0.6 is 0 Å². The van der Waals surface area contributed by atoms with Crippen molar-refractivity contribution in [3.63, 3.8) is 0 Å². The zero-order valence-corrected chi connectivity index (χ0v) is 89.9. The molecule has 5 saturated carbocycles. The van der Waals surface area contributed by atoms with Crippen molar-refractivity contribution in [2.45, 2.75) is 411 Å². The van der Waals surface area contributed by atoms with Gasteiger partial charge in [0.1, 0.15) is 17.3 Å². The molecule has 5 aliphatic carbocycles. The maximum atomic E-state index is 10.8. The van der Waals surface area contributed by atoms with E-state index in [4.69, 9.17) is 42.6 Å². The fourth-order valence-electron chi connectivity index (χ4n) is 25.4. The van der Waals surface area contributed by atoms with Gasteiger partial charge in [-0.2, -0.15) is 0 Å². The van der Waals surface area contributed by atoms with E-state index in [1.54, 1.807) is 0 Å². The Hall–Kier alpha value is -1.67. The molecule has 0 aromatic carbocycles. The summed E-state index contributed by atoms with van der Waals surface area (Å²) in [5, 5.41) is 0. The summed E-state index contributed by atoms with van der Waals surface area (Å²) in [6.45, 7) is 89.7. The Morgan fingerprint density at radius 3 is 0.955 bits per heavy atom. The first-order valence-electron chi connectivity index (χ1n) is 55.4. The average Bonchev–Trinajstić information content (AvgIpc) is 0.946. The zero-order valence-electron chi connectivity index (χ0n) is 89.9. The van der Waals surface area contributed by atoms with E-state index in [-0.39, 0.29) is 5.60 Å². The van der Waals surface area contributed by atoms with Gasteiger partial charge in [0.05, 0.1) is 63.1 Å². The quantitative estimate of drug-likeness (QED) is 0.181. The third kappa shape index (κ3) is 30.7. The van der Waals surface area contributed by atoms with Crippen molar-refractivity contribution in [1.82, 2.24) is 39.2 Å². The van der Waals surface area contributed by atoms with E-state index in [2.05, 4.69) is 205 Å². The molecule has 0 amide bonds. The molecule has 3 atom stereocenters. The van der Waals surface area contributed by atoms with Gasteiger partial charge >= 0.3 is 0 Å². The molecule has 132 heavy (non-hydrogen) atoms. The first-order chi connectivity index (χ1) is 62.5. The number of carbonyl (C=O) groups is 3. The molecule has 22 aliphatic rings. The van der Waals surface area contributed by atoms with E-state index in [1.165, 1.54) is 227 Å². The van der Waals surface area contributed by atoms with E-state index >= 15 is 0 Å². The second-order valence-corrected chi connectivity index (χ2v) is 51.0. The molecule has 20 nitrogen and oxygen atoms in total. The molecule has 3 unspecified atom stereocenters. The summed E-state index contributed by atoms with van der Waals surface area (Å²) in [4.78, 5) is 52.3. The molecule has 0 aromatic heterocycles. The number of ketones is 3. The Morgan fingerprint density at radius 1 is 0.265 bits per heavy atom. The maximum Gasteiger partial charge on any atom is 0.133 e. The number of ether oxygens (including phenoxy) is 9. The predicted octanol–water partition coefficient (Wildman–Crippen LogP) is 19.8. The molecule has 0 N–H and O–H groups in total. The second kappa shape index (κ2) is 49.5. The lowest BCUT2D eigenvalue weighted by Gasteiger charge is -2.67. The van der Waals surface area contributed by atoms with Gasteiger partial charge in [0.25, 0.3) is 0 Å². The lowest BCUT2D eigenvalue weighted by molar-refractivity contribution is -0.249. The first kappa shape index (κ1) is 111. The predicted molar refractivity (Wildman–Crippen MR) is 539 cm³/mol. The van der Waals surface area contributed by atoms with Crippen molar-refractivity contribution in [2.24, 2.45) is 85.2 Å². The van der Waals surface area contributed by atoms with Gasteiger partial charge in [-0.3, -0.25) is 43.8 Å². The van der Waals surface area contributed by atoms with Crippen LogP contribution in [0.4, 0.5) is 0 Å². The van der Waals surface area contributed by atoms with Gasteiger partial charge < -0.3 is 52.4 Å². The van der Waals surface area contributed by atoms with Gasteiger partial charge in [-0.25, -0.2) is 0 Å². The van der Waals surface area contributed by atoms with Crippen LogP contribution in [0.25, 0.3) is 0 Å². The minimum Gasteiger partial charge on any atom is -0.381 e. The second-order valence-electron chi connectivity index (χ2n) is 51.0. The summed E-state index contributed by atoms with van der Waals surface area (Å²) in [6, 6.07) is 5.76. The summed E-state index contributed by atoms with van der Waals surface area (Å²) < 4.78 is 49.5. The van der Waals surface area contributed by atoms with Crippen LogP contribution in [0.2, 0.25) is 0 Å². The molecular weight excluding hydrogens is 1650 g/mol. The fourth-order valence-corrected chi connectivity index (χ4v) is 25.4. The summed E-state index contributed by atoms with van der Waals surface area (Å²) in [5.41, 5.74) is 5.40. The largest absolute Gasteiger partial charge is 0.381 e. The molecule has 20 heteroatoms. The highest BCUT2D eigenvalue weighted by molar-refractivity contribution is 5.84. The standard InChI is InChI=1S/C11H19NO.5C10H19NO.2C9H17NO.2C9H16O.C8H14O.C7H12O/c1-9(2)12-5-10(6-12)3-11(4-10)7-13-8-11;1-9(2)11-6-3-10(4-7-11)5-8-12-10;1-9(2)11-7-10(8-11)3-5-12-6-4-10;1-9(2)11-5-3-10(4-6-11)7-12-8-10;1-9(2)11-6-10(7-11)4-3-5-12-8-10;1-9(2)11-7-10(8-11)5-3-4-6-12-10;1-8(2)10-5-9(6-10)3-4-11-7-9;1-8(2)10-6-9(7-10)4-3-5-11-9;1-7(2)9-3-4-10-6-8(9)5-9;1-7(2)8-3-5-9(10)6-4-8;1-6(2)7-3-4-8(9)5-7;1-5(2)6-3-7(8)4-6/h9H,3-8H2,1-2H3;5*9H,3-8H2,1-2H3;2*8H,3-7H2,1-2H3;2*7-8H,3-6H2,1-2H3;6-7H,3-5H2,1-2H3;5-6H,3-4H2,1-2H3. The van der Waals surface area contributed by atoms with Crippen LogP contribution < -0.4 is 0 Å². The van der Waals surface area contributed by atoms with Crippen LogP contribution in [0.1, 0.15) is 346 Å². The Bertz CT molecular complexity index is 3130. The number of fused-ring (bicyclic) bond motifs is 1. The van der Waals surface area contributed by atoms with Crippen LogP contribution in [0.3, 0.4) is 0 Å². The Balaban J connectivity index is 0.000000139. The molecule has 9 spiro atoms. The van der Waals surface area contributed by atoms with Gasteiger partial charge in [-0.15, -0.1) is 0 Å². The minimum atomic E-state index is 0.280. The van der Waals surface area contributed by atoms with Gasteiger partial charge in [-0.05, 0) is 323 Å². The number of hydrogen-bond donors (Lipinski definition) is 0. The fraction of sp³-hybridized carbons (Fsp3) is 0.973. The van der Waals surface area contributed by atoms with E-state index in [0.29, 0.717) is 97.4 Å². The number of hydrogen-bond acceptors (Lipinski definition) is 20. The number of piperidine rings is 2. The maximum absolute atomic E-state index is 10.8. The van der Waals surface area contributed by atoms with Crippen molar-refractivity contribution in [3.8, 4) is 0 Å². The molecule has 17 heterocycles. The van der Waals surface area contributed by atoms with E-state index in [9.17, 15) is 14.4 Å². The summed E-state index contributed by atoms with van der Waals surface area (Å²) in [5.74, 6) is 7.59. The first-order valence-corrected chi connectivity index (χ1v) is 55.4. The van der Waals surface area contributed by atoms with E-state index in [0.717, 1.165) is 222 Å². The third-order valence-electron chi connectivity index (χ3n) is 36.7. The molecule has 766 valence electrons. The normalized spacial score (nSPS) is 30.0. The SMILES string of the molecule is CC(C)C12CCOCC1C2.CC(C)C1CC(=O)C1.CC(C)C1CCC(=O)C1.CC(C)C1CCC(=O)CC1.CC(C)N1CC2(C1)CC1(COC1)C2.CC(C)N1CC2(CCCCO2)C1.CC(C)N1CC2(CCCO2)C1.CC(C)N1CC2(CCCOC2)C1.CC(C)N1CC2(CCOC2)C1.CC(C)N1CC2(CCOCC2)C1.CC(C)N1CCC2(CC1)COC2.CC(C)N1CCC2(CCO2)CC1. The molecule has 0 bridgehead atoms. The molecule has 0 aromatic rings. The summed E-state index contributed by atoms with van der Waals surface area (Å²) >= 11 is 0. The third-order valence-corrected chi connectivity index (χ3v) is 36.7. The van der Waals surface area contributed by atoms with Crippen molar-refractivity contribution in [1.29, 1.82) is 0 Å². The number of nitrogens with zero attached hydrogens (tertiary/aromatic N) is 8. The number of likely N-dealkylation sites (tertiary alicyclic amines) is 8. The van der Waals surface area contributed by atoms with Crippen LogP contribution in [0, 0.1) is 85.2 Å². The Morgan fingerprint density at radius 2 is 0.629 bits per heavy atom. The molecule has 0 radical (unpaired) electrons. The van der Waals surface area contributed by atoms with Crippen molar-refractivity contribution in [3.05, 3.63) is 0 Å². The topological polar surface area (TPSA) is 160 Å². The monoisotopic (exact) mass is 1860 g/mol. The Kier molecular flexibility index (Phi) is 41.6. The van der Waals surface area contributed by atoms with Crippen LogP contribution in [0.5, 0.6) is 0 Å². The van der Waals surface area contributed by atoms with Crippen LogP contribution in [-0.4, -0.2) is 326 Å². The van der Waals surface area contributed by atoms with Gasteiger partial charge in [0.2, 0.25) is 0 Å². The summed E-state index contributed by atoms with van der Waals surface area (Å²) in [7, 11) is 0. The van der Waals surface area contributed by atoms with E-state index in [1.807, 2.05) is 0 Å². The lowest BCUT2D eigenvalue weighted by Crippen LogP contribution is -2.70. The van der Waals surface area contributed by atoms with Gasteiger partial charge in [-0.1, -0.05) is 55.4 Å². The van der Waals surface area contributed by atoms with Crippen LogP contribution in [0.15, 0.2) is 0 Å². The highest BCUT2D eigenvalue weighted by atomic mass is 16.5. The molecule has 17 saturated heterocycles. The van der Waals surface area contributed by atoms with Crippen LogP contribution in [-0.2, 0) is 57.0 Å². The lowest BCUT2D eigenvalue weighted by atomic mass is 9.48. The molecule has 22 fully saturated rings. The van der Waals surface area contributed by atoms with E-state index < -0.39 is 0 Å². The molecular formula is C112H206N8O12. The summed E-state index contributed by atoms with van der Waals surface area (Å²) in [6.07, 6.45) is 33.6. The Labute approximate surface area is 809 Å². The minimum absolute atomic E-state index is 0.280. The molecule has 22 rings (SSSR count). The van der Waals surface area contributed by atoms with Gasteiger partial charge in [0, 0.05) is 258 Å². The van der Waals surface area contributed by atoms with Crippen molar-refractivity contribution >= 4 is 17.3 Å². The zero-order chi connectivity index (χ0) is 95.7. The molecule has 17 aliphatic heterocycles. The number of rotatable bonds is 12. The van der Waals surface area contributed by atoms with Crippen molar-refractivity contribution in [2.75, 3.05) is 204 Å². The van der Waals surface area contributed by atoms with Crippen molar-refractivity contribution < 1.29 is 57.0 Å². The average molecular weight is 1860 g/mol. The van der Waals surface area contributed by atoms with Gasteiger partial charge in [0.15, 0.2) is 0 Å². The smallest absolute Gasteiger partial charge is 0.133 e. The number of carbonyl (C=O) groups excluding carboxylic acids is 3.